The topological polar surface area (TPSA) is 90.7 Å². The molecule has 6 heteroatoms. The molecule has 2 N–H and O–H groups in total. The maximum absolute atomic E-state index is 11.6. The van der Waals surface area contributed by atoms with Gasteiger partial charge in [-0.1, -0.05) is 25.0 Å². The number of hydrogen-bond acceptors (Lipinski definition) is 5. The third-order valence-electron chi connectivity index (χ3n) is 5.48. The van der Waals surface area contributed by atoms with Crippen LogP contribution in [0.4, 0.5) is 11.4 Å². The molecule has 0 atom stereocenters. The van der Waals surface area contributed by atoms with E-state index in [4.69, 9.17) is 0 Å². The Hall–Kier alpha value is -3.46. The Morgan fingerprint density at radius 1 is 1.14 bits per heavy atom. The summed E-state index contributed by atoms with van der Waals surface area (Å²) in [5.74, 6) is 0.856. The first-order chi connectivity index (χ1) is 13.7. The summed E-state index contributed by atoms with van der Waals surface area (Å²) < 4.78 is 0. The Morgan fingerprint density at radius 2 is 1.96 bits per heavy atom. The van der Waals surface area contributed by atoms with E-state index in [-0.39, 0.29) is 5.91 Å². The van der Waals surface area contributed by atoms with Gasteiger partial charge in [-0.05, 0) is 53.3 Å². The lowest BCUT2D eigenvalue weighted by molar-refractivity contribution is -0.115. The van der Waals surface area contributed by atoms with E-state index in [9.17, 15) is 10.1 Å². The van der Waals surface area contributed by atoms with E-state index >= 15 is 0 Å². The van der Waals surface area contributed by atoms with Gasteiger partial charge in [0.2, 0.25) is 5.91 Å². The molecule has 2 aliphatic rings. The number of fused-ring (bicyclic) bond motifs is 2. The van der Waals surface area contributed by atoms with Crippen molar-refractivity contribution in [1.82, 2.24) is 10.2 Å². The van der Waals surface area contributed by atoms with Crippen LogP contribution in [0, 0.1) is 17.2 Å². The second kappa shape index (κ2) is 6.61. The number of carbonyl (C=O) groups is 1. The fourth-order valence-electron chi connectivity index (χ4n) is 3.76. The summed E-state index contributed by atoms with van der Waals surface area (Å²) in [7, 11) is 0. The molecule has 2 heterocycles. The van der Waals surface area contributed by atoms with Gasteiger partial charge in [-0.15, -0.1) is 10.2 Å². The van der Waals surface area contributed by atoms with Crippen molar-refractivity contribution in [3.63, 3.8) is 0 Å². The predicted molar refractivity (Wildman–Crippen MR) is 108 cm³/mol. The van der Waals surface area contributed by atoms with Crippen molar-refractivity contribution in [2.75, 3.05) is 17.2 Å². The number of anilines is 2. The molecule has 0 radical (unpaired) electrons. The molecule has 0 unspecified atom stereocenters. The first-order valence-electron chi connectivity index (χ1n) is 9.59. The third-order valence-corrected chi connectivity index (χ3v) is 5.48. The number of rotatable bonds is 5. The minimum atomic E-state index is 0.0301. The maximum Gasteiger partial charge on any atom is 0.228 e. The molecule has 0 bridgehead atoms. The van der Waals surface area contributed by atoms with Gasteiger partial charge in [-0.2, -0.15) is 5.26 Å². The molecule has 1 amide bonds. The third kappa shape index (κ3) is 3.05. The number of amides is 1. The Morgan fingerprint density at radius 3 is 2.79 bits per heavy atom. The van der Waals surface area contributed by atoms with Gasteiger partial charge >= 0.3 is 0 Å². The van der Waals surface area contributed by atoms with E-state index in [1.165, 1.54) is 12.8 Å². The van der Waals surface area contributed by atoms with Crippen molar-refractivity contribution in [2.24, 2.45) is 5.92 Å². The molecule has 2 aromatic carbocycles. The van der Waals surface area contributed by atoms with Crippen molar-refractivity contribution in [3.8, 4) is 17.2 Å². The quantitative estimate of drug-likeness (QED) is 0.712. The first kappa shape index (κ1) is 16.7. The number of nitriles is 1. The van der Waals surface area contributed by atoms with Crippen molar-refractivity contribution in [2.45, 2.75) is 25.7 Å². The standard InChI is InChI=1S/C22H19N5O/c23-12-20-22(24-8-7-13-1-2-13)17-5-3-15(10-19(17)26-27-20)14-4-6-18-16(9-14)11-21(28)25-18/h3-6,9-10,13H,1-2,7-8,11H2,(H,24,26)(H,25,28). The average molecular weight is 369 g/mol. The first-order valence-corrected chi connectivity index (χ1v) is 9.59. The highest BCUT2D eigenvalue weighted by atomic mass is 16.1. The number of aromatic nitrogens is 2. The van der Waals surface area contributed by atoms with Gasteiger partial charge in [-0.3, -0.25) is 4.79 Å². The van der Waals surface area contributed by atoms with Crippen molar-refractivity contribution in [3.05, 3.63) is 47.7 Å². The van der Waals surface area contributed by atoms with Gasteiger partial charge in [0.05, 0.1) is 17.6 Å². The summed E-state index contributed by atoms with van der Waals surface area (Å²) in [6.45, 7) is 0.841. The molecular weight excluding hydrogens is 350 g/mol. The van der Waals surface area contributed by atoms with Crippen LogP contribution in [-0.2, 0) is 11.2 Å². The van der Waals surface area contributed by atoms with Crippen LogP contribution in [0.5, 0.6) is 0 Å². The lowest BCUT2D eigenvalue weighted by Gasteiger charge is -2.11. The summed E-state index contributed by atoms with van der Waals surface area (Å²) in [5.41, 5.74) is 5.79. The minimum absolute atomic E-state index is 0.0301. The van der Waals surface area contributed by atoms with Gasteiger partial charge in [0.15, 0.2) is 5.69 Å². The zero-order valence-electron chi connectivity index (χ0n) is 15.3. The van der Waals surface area contributed by atoms with E-state index in [0.717, 1.165) is 57.9 Å². The molecule has 6 nitrogen and oxygen atoms in total. The molecule has 1 fully saturated rings. The molecule has 138 valence electrons. The summed E-state index contributed by atoms with van der Waals surface area (Å²) in [4.78, 5) is 11.6. The largest absolute Gasteiger partial charge is 0.382 e. The molecule has 1 saturated carbocycles. The van der Waals surface area contributed by atoms with Crippen LogP contribution in [0.1, 0.15) is 30.5 Å². The number of benzene rings is 2. The molecule has 3 aromatic rings. The van der Waals surface area contributed by atoms with Gasteiger partial charge in [-0.25, -0.2) is 0 Å². The van der Waals surface area contributed by atoms with Crippen LogP contribution >= 0.6 is 0 Å². The highest BCUT2D eigenvalue weighted by Gasteiger charge is 2.21. The molecule has 28 heavy (non-hydrogen) atoms. The molecule has 1 aliphatic carbocycles. The second-order valence-electron chi connectivity index (χ2n) is 7.52. The number of nitrogens with one attached hydrogen (secondary N) is 2. The van der Waals surface area contributed by atoms with Gasteiger partial charge < -0.3 is 10.6 Å². The normalized spacial score (nSPS) is 15.2. The van der Waals surface area contributed by atoms with Gasteiger partial charge in [0, 0.05) is 17.6 Å². The van der Waals surface area contributed by atoms with Gasteiger partial charge in [0.1, 0.15) is 6.07 Å². The highest BCUT2D eigenvalue weighted by molar-refractivity contribution is 6.00. The number of nitrogens with zero attached hydrogens (tertiary/aromatic N) is 3. The fraction of sp³-hybridized carbons (Fsp3) is 0.273. The molecular formula is C22H19N5O. The van der Waals surface area contributed by atoms with Crippen LogP contribution in [-0.4, -0.2) is 22.6 Å². The zero-order chi connectivity index (χ0) is 19.1. The van der Waals surface area contributed by atoms with E-state index in [0.29, 0.717) is 12.1 Å². The maximum atomic E-state index is 11.6. The minimum Gasteiger partial charge on any atom is -0.382 e. The summed E-state index contributed by atoms with van der Waals surface area (Å²) in [6, 6.07) is 14.1. The smallest absolute Gasteiger partial charge is 0.228 e. The summed E-state index contributed by atoms with van der Waals surface area (Å²) >= 11 is 0. The SMILES string of the molecule is N#Cc1nnc2cc(-c3ccc4c(c3)CC(=O)N4)ccc2c1NCCC1CC1. The lowest BCUT2D eigenvalue weighted by atomic mass is 10.00. The van der Waals surface area contributed by atoms with E-state index < -0.39 is 0 Å². The Balaban J connectivity index is 1.50. The molecule has 0 saturated heterocycles. The lowest BCUT2D eigenvalue weighted by Crippen LogP contribution is -2.07. The fourth-order valence-corrected chi connectivity index (χ4v) is 3.76. The molecule has 5 rings (SSSR count). The summed E-state index contributed by atoms with van der Waals surface area (Å²) in [6.07, 6.45) is 4.16. The molecule has 1 aliphatic heterocycles. The van der Waals surface area contributed by atoms with Crippen LogP contribution in [0.3, 0.4) is 0 Å². The van der Waals surface area contributed by atoms with E-state index in [2.05, 4.69) is 26.9 Å². The van der Waals surface area contributed by atoms with Crippen LogP contribution < -0.4 is 10.6 Å². The Kier molecular flexibility index (Phi) is 3.94. The van der Waals surface area contributed by atoms with Crippen LogP contribution in [0.15, 0.2) is 36.4 Å². The highest BCUT2D eigenvalue weighted by Crippen LogP contribution is 2.34. The Bertz CT molecular complexity index is 1140. The van der Waals surface area contributed by atoms with Crippen molar-refractivity contribution >= 4 is 28.2 Å². The van der Waals surface area contributed by atoms with Crippen molar-refractivity contribution < 1.29 is 4.79 Å². The van der Waals surface area contributed by atoms with Gasteiger partial charge in [0.25, 0.3) is 0 Å². The second-order valence-corrected chi connectivity index (χ2v) is 7.52. The average Bonchev–Trinajstić information content (AvgIpc) is 3.46. The summed E-state index contributed by atoms with van der Waals surface area (Å²) in [5, 5.41) is 25.0. The Labute approximate surface area is 162 Å². The van der Waals surface area contributed by atoms with Crippen molar-refractivity contribution in [1.29, 1.82) is 5.26 Å². The number of hydrogen-bond donors (Lipinski definition) is 2. The van der Waals surface area contributed by atoms with E-state index in [1.54, 1.807) is 0 Å². The van der Waals surface area contributed by atoms with Crippen LogP contribution in [0.2, 0.25) is 0 Å². The molecule has 0 spiro atoms. The number of carbonyl (C=O) groups excluding carboxylic acids is 1. The zero-order valence-corrected chi connectivity index (χ0v) is 15.3. The predicted octanol–water partition coefficient (Wildman–Crippen LogP) is 3.88. The monoisotopic (exact) mass is 369 g/mol. The molecule has 1 aromatic heterocycles. The van der Waals surface area contributed by atoms with Crippen LogP contribution in [0.25, 0.3) is 22.0 Å². The van der Waals surface area contributed by atoms with E-state index in [1.807, 2.05) is 36.4 Å².